The van der Waals surface area contributed by atoms with E-state index in [1.165, 1.54) is 6.42 Å². The maximum atomic E-state index is 12.2. The Kier molecular flexibility index (Phi) is 4.35. The molecule has 1 aliphatic heterocycles. The van der Waals surface area contributed by atoms with E-state index in [4.69, 9.17) is 0 Å². The van der Waals surface area contributed by atoms with E-state index in [-0.39, 0.29) is 11.9 Å². The van der Waals surface area contributed by atoms with E-state index >= 15 is 0 Å². The summed E-state index contributed by atoms with van der Waals surface area (Å²) in [6, 6.07) is 0.660. The van der Waals surface area contributed by atoms with Crippen LogP contribution in [0.1, 0.15) is 44.6 Å². The van der Waals surface area contributed by atoms with Crippen LogP contribution in [0.15, 0.2) is 18.7 Å². The fraction of sp³-hybridized carbons (Fsp3) is 0.733. The second-order valence-electron chi connectivity index (χ2n) is 6.08. The third-order valence-corrected chi connectivity index (χ3v) is 4.67. The first-order chi connectivity index (χ1) is 9.83. The van der Waals surface area contributed by atoms with Gasteiger partial charge >= 0.3 is 0 Å². The van der Waals surface area contributed by atoms with Crippen molar-refractivity contribution < 1.29 is 4.79 Å². The first-order valence-electron chi connectivity index (χ1n) is 7.80. The standard InChI is InChI=1S/C15H24N4O/c20-15(10-12-4-6-16-7-5-12)18-13-2-1-3-14(13)19-9-8-17-11-19/h8-9,11-14,16H,1-7,10H2,(H,18,20). The molecule has 3 rings (SSSR count). The number of nitrogens with zero attached hydrogens (tertiary/aromatic N) is 2. The first kappa shape index (κ1) is 13.6. The third-order valence-electron chi connectivity index (χ3n) is 4.67. The lowest BCUT2D eigenvalue weighted by Crippen LogP contribution is -2.40. The summed E-state index contributed by atoms with van der Waals surface area (Å²) >= 11 is 0. The van der Waals surface area contributed by atoms with Gasteiger partial charge in [0.05, 0.1) is 12.4 Å². The molecule has 2 unspecified atom stereocenters. The van der Waals surface area contributed by atoms with Crippen molar-refractivity contribution in [3.8, 4) is 0 Å². The third kappa shape index (κ3) is 3.20. The zero-order valence-electron chi connectivity index (χ0n) is 11.9. The smallest absolute Gasteiger partial charge is 0.220 e. The van der Waals surface area contributed by atoms with Crippen molar-refractivity contribution in [3.63, 3.8) is 0 Å². The molecular formula is C15H24N4O. The number of piperidine rings is 1. The second kappa shape index (κ2) is 6.39. The number of hydrogen-bond acceptors (Lipinski definition) is 3. The summed E-state index contributed by atoms with van der Waals surface area (Å²) in [5.41, 5.74) is 0. The topological polar surface area (TPSA) is 59.0 Å². The number of carbonyl (C=O) groups is 1. The largest absolute Gasteiger partial charge is 0.351 e. The Morgan fingerprint density at radius 2 is 2.15 bits per heavy atom. The van der Waals surface area contributed by atoms with Gasteiger partial charge in [-0.3, -0.25) is 4.79 Å². The highest BCUT2D eigenvalue weighted by atomic mass is 16.1. The summed E-state index contributed by atoms with van der Waals surface area (Å²) in [5.74, 6) is 0.790. The fourth-order valence-corrected chi connectivity index (χ4v) is 3.55. The Morgan fingerprint density at radius 3 is 2.90 bits per heavy atom. The van der Waals surface area contributed by atoms with E-state index < -0.39 is 0 Å². The van der Waals surface area contributed by atoms with E-state index in [1.807, 2.05) is 18.7 Å². The SMILES string of the molecule is O=C(CC1CCNCC1)NC1CCCC1n1ccnc1. The lowest BCUT2D eigenvalue weighted by atomic mass is 9.94. The average molecular weight is 276 g/mol. The van der Waals surface area contributed by atoms with Crippen molar-refractivity contribution in [2.24, 2.45) is 5.92 Å². The number of imidazole rings is 1. The van der Waals surface area contributed by atoms with Gasteiger partial charge in [-0.15, -0.1) is 0 Å². The van der Waals surface area contributed by atoms with Crippen LogP contribution in [0.2, 0.25) is 0 Å². The fourth-order valence-electron chi connectivity index (χ4n) is 3.55. The summed E-state index contributed by atoms with van der Waals surface area (Å²) in [6.07, 6.45) is 12.0. The minimum atomic E-state index is 0.230. The first-order valence-corrected chi connectivity index (χ1v) is 7.80. The monoisotopic (exact) mass is 276 g/mol. The molecule has 2 N–H and O–H groups in total. The molecule has 2 fully saturated rings. The number of nitrogens with one attached hydrogen (secondary N) is 2. The molecule has 1 aliphatic carbocycles. The van der Waals surface area contributed by atoms with E-state index in [9.17, 15) is 4.79 Å². The Bertz CT molecular complexity index is 425. The molecule has 2 heterocycles. The molecule has 1 saturated carbocycles. The van der Waals surface area contributed by atoms with Crippen LogP contribution in [0.5, 0.6) is 0 Å². The lowest BCUT2D eigenvalue weighted by molar-refractivity contribution is -0.123. The summed E-state index contributed by atoms with van der Waals surface area (Å²) in [6.45, 7) is 2.11. The van der Waals surface area contributed by atoms with Crippen LogP contribution in [0.3, 0.4) is 0 Å². The number of hydrogen-bond donors (Lipinski definition) is 2. The second-order valence-corrected chi connectivity index (χ2v) is 6.08. The summed E-state index contributed by atoms with van der Waals surface area (Å²) < 4.78 is 2.14. The highest BCUT2D eigenvalue weighted by Gasteiger charge is 2.30. The van der Waals surface area contributed by atoms with Crippen LogP contribution in [0, 0.1) is 5.92 Å². The molecule has 0 radical (unpaired) electrons. The van der Waals surface area contributed by atoms with Crippen molar-refractivity contribution in [2.75, 3.05) is 13.1 Å². The quantitative estimate of drug-likeness (QED) is 0.876. The van der Waals surface area contributed by atoms with E-state index in [0.29, 0.717) is 18.4 Å². The minimum absolute atomic E-state index is 0.230. The van der Waals surface area contributed by atoms with Gasteiger partial charge in [-0.1, -0.05) is 0 Å². The summed E-state index contributed by atoms with van der Waals surface area (Å²) in [5, 5.41) is 6.60. The van der Waals surface area contributed by atoms with Gasteiger partial charge < -0.3 is 15.2 Å². The minimum Gasteiger partial charge on any atom is -0.351 e. The van der Waals surface area contributed by atoms with Crippen molar-refractivity contribution in [1.82, 2.24) is 20.2 Å². The Balaban J connectivity index is 1.52. The van der Waals surface area contributed by atoms with Crippen LogP contribution in [-0.4, -0.2) is 34.6 Å². The molecule has 1 aromatic heterocycles. The number of carbonyl (C=O) groups excluding carboxylic acids is 1. The Morgan fingerprint density at radius 1 is 1.30 bits per heavy atom. The number of amides is 1. The van der Waals surface area contributed by atoms with E-state index in [2.05, 4.69) is 20.2 Å². The lowest BCUT2D eigenvalue weighted by Gasteiger charge is -2.25. The molecule has 110 valence electrons. The molecule has 2 atom stereocenters. The molecule has 0 bridgehead atoms. The van der Waals surface area contributed by atoms with Gasteiger partial charge in [-0.2, -0.15) is 0 Å². The summed E-state index contributed by atoms with van der Waals surface area (Å²) in [7, 11) is 0. The van der Waals surface area contributed by atoms with Gasteiger partial charge in [0.2, 0.25) is 5.91 Å². The molecule has 1 amide bonds. The number of rotatable bonds is 4. The van der Waals surface area contributed by atoms with Crippen molar-refractivity contribution >= 4 is 5.91 Å². The van der Waals surface area contributed by atoms with Gasteiger partial charge in [-0.25, -0.2) is 4.98 Å². The van der Waals surface area contributed by atoms with Gasteiger partial charge in [0.15, 0.2) is 0 Å². The molecule has 2 aliphatic rings. The molecule has 0 spiro atoms. The van der Waals surface area contributed by atoms with Crippen LogP contribution < -0.4 is 10.6 Å². The molecule has 1 saturated heterocycles. The van der Waals surface area contributed by atoms with Crippen LogP contribution in [0.4, 0.5) is 0 Å². The average Bonchev–Trinajstić information content (AvgIpc) is 3.10. The Labute approximate surface area is 120 Å². The molecule has 5 heteroatoms. The highest BCUT2D eigenvalue weighted by molar-refractivity contribution is 5.76. The van der Waals surface area contributed by atoms with E-state index in [0.717, 1.165) is 38.8 Å². The van der Waals surface area contributed by atoms with Gasteiger partial charge in [0.25, 0.3) is 0 Å². The van der Waals surface area contributed by atoms with Gasteiger partial charge in [-0.05, 0) is 51.1 Å². The zero-order valence-corrected chi connectivity index (χ0v) is 11.9. The van der Waals surface area contributed by atoms with Crippen molar-refractivity contribution in [2.45, 2.75) is 50.6 Å². The van der Waals surface area contributed by atoms with Crippen LogP contribution >= 0.6 is 0 Å². The predicted molar refractivity (Wildman–Crippen MR) is 77.3 cm³/mol. The normalized spacial score (nSPS) is 27.6. The van der Waals surface area contributed by atoms with E-state index in [1.54, 1.807) is 0 Å². The van der Waals surface area contributed by atoms with Crippen LogP contribution in [-0.2, 0) is 4.79 Å². The molecule has 1 aromatic rings. The Hall–Kier alpha value is -1.36. The predicted octanol–water partition coefficient (Wildman–Crippen LogP) is 1.48. The van der Waals surface area contributed by atoms with Crippen molar-refractivity contribution in [3.05, 3.63) is 18.7 Å². The van der Waals surface area contributed by atoms with Gasteiger partial charge in [0, 0.05) is 24.9 Å². The summed E-state index contributed by atoms with van der Waals surface area (Å²) in [4.78, 5) is 16.3. The maximum absolute atomic E-state index is 12.2. The van der Waals surface area contributed by atoms with Gasteiger partial charge in [0.1, 0.15) is 0 Å². The molecule has 0 aromatic carbocycles. The number of aromatic nitrogens is 2. The van der Waals surface area contributed by atoms with Crippen molar-refractivity contribution in [1.29, 1.82) is 0 Å². The maximum Gasteiger partial charge on any atom is 0.220 e. The highest BCUT2D eigenvalue weighted by Crippen LogP contribution is 2.30. The molecular weight excluding hydrogens is 252 g/mol. The molecule has 20 heavy (non-hydrogen) atoms. The van der Waals surface area contributed by atoms with Crippen LogP contribution in [0.25, 0.3) is 0 Å². The molecule has 5 nitrogen and oxygen atoms in total. The zero-order chi connectivity index (χ0) is 13.8.